The summed E-state index contributed by atoms with van der Waals surface area (Å²) >= 11 is 0. The molecule has 0 saturated carbocycles. The minimum atomic E-state index is -1.90. The number of hydrogen-bond donors (Lipinski definition) is 24. The minimum Gasteiger partial charge on any atom is -0.481 e. The largest absolute Gasteiger partial charge is 0.481 e. The molecule has 108 heavy (non-hydrogen) atoms. The zero-order valence-corrected chi connectivity index (χ0v) is 61.3. The van der Waals surface area contributed by atoms with Crippen molar-refractivity contribution in [2.45, 2.75) is 216 Å². The van der Waals surface area contributed by atoms with Crippen LogP contribution in [0.5, 0.6) is 0 Å². The van der Waals surface area contributed by atoms with Crippen LogP contribution < -0.4 is 98.2 Å². The van der Waals surface area contributed by atoms with E-state index in [1.165, 1.54) is 25.7 Å². The van der Waals surface area contributed by atoms with Crippen LogP contribution in [0.4, 0.5) is 0 Å². The number of rotatable bonds is 47. The van der Waals surface area contributed by atoms with Crippen molar-refractivity contribution in [1.82, 2.24) is 73.6 Å². The standard InChI is InChI=1S/C63H108N22O23/c1-8-29(4)46(58(104)77-36(61(107)108)14-10-20-71-63(68)69)81-43(91)24-72-56(102)47(32(7)89)83-57(103)45(28(2)3)82-52(98)35(17-18-42(65)90)76-54(100)39(27-88)80-48(94)30(5)73-53(99)38(26-87)79-49(95)31(6)74-55(101)40-15-11-21-84(40)60(106)41-16-12-22-85(41)59(105)37(23-44(92)93)78-51(97)34(13-9-19-70-62(66)67)75-50(96)33(64)25-86/h28-41,45-47,86-89H,8-27,64H2,1-7H3,(H2,65,90)(H,72,102)(H,73,99)(H,74,101)(H,75,96)(H,76,100)(H,77,104)(H,78,97)(H,79,95)(H,80,94)(H,81,91)(H,82,98)(H,83,103)(H,92,93)(H,107,108)(H4,66,67,70)(H4,68,69,71)/t29-,30-,31-,32+,33-,34-,35-,36-,37-,38-,39-,40-,41-,45-,46-,47-/m0/s1. The van der Waals surface area contributed by atoms with Gasteiger partial charge >= 0.3 is 11.9 Å². The molecule has 608 valence electrons. The van der Waals surface area contributed by atoms with Crippen molar-refractivity contribution in [3.63, 3.8) is 0 Å². The molecule has 0 spiro atoms. The van der Waals surface area contributed by atoms with Crippen LogP contribution in [-0.2, 0) is 81.5 Å². The zero-order valence-electron chi connectivity index (χ0n) is 61.3. The van der Waals surface area contributed by atoms with Gasteiger partial charge in [-0.2, -0.15) is 0 Å². The van der Waals surface area contributed by atoms with Gasteiger partial charge in [-0.3, -0.25) is 86.7 Å². The molecule has 2 aliphatic heterocycles. The Morgan fingerprint density at radius 3 is 1.44 bits per heavy atom. The number of nitrogens with zero attached hydrogens (tertiary/aromatic N) is 4. The highest BCUT2D eigenvalue weighted by atomic mass is 16.4. The second kappa shape index (κ2) is 46.4. The van der Waals surface area contributed by atoms with Crippen LogP contribution in [0.3, 0.4) is 0 Å². The monoisotopic (exact) mass is 1540 g/mol. The fourth-order valence-electron chi connectivity index (χ4n) is 11.0. The molecular weight excluding hydrogens is 1430 g/mol. The Kier molecular flexibility index (Phi) is 40.1. The molecular formula is C63H108N22O23. The average molecular weight is 1540 g/mol. The SMILES string of the molecule is CC[C@H](C)[C@H](NC(=O)CNC(=O)[C@@H](NC(=O)[C@@H](NC(=O)[C@H](CCC(N)=O)NC(=O)[C@H](CO)NC(=O)[C@H](C)NC(=O)[C@H](CO)NC(=O)[C@H](C)NC(=O)[C@@H]1CCCN1C(=O)[C@@H]1CCCN1C(=O)[C@H](CC(=O)O)NC(=O)[C@H](CCCN=C(N)N)NC(=O)[C@@H](N)CO)C(C)C)[C@@H](C)O)C(=O)N[C@@H](CCCN=C(N)N)C(=O)O. The molecule has 45 heteroatoms. The number of carboxylic acids is 2. The number of aliphatic imine (C=N–C) groups is 2. The number of nitrogens with two attached hydrogens (primary N) is 6. The van der Waals surface area contributed by atoms with E-state index in [-0.39, 0.29) is 89.5 Å². The van der Waals surface area contributed by atoms with Gasteiger partial charge in [0.1, 0.15) is 84.6 Å². The number of aliphatic hydroxyl groups excluding tert-OH is 4. The Hall–Kier alpha value is -10.7. The second-order valence-electron chi connectivity index (χ2n) is 26.3. The summed E-state index contributed by atoms with van der Waals surface area (Å²) in [5.41, 5.74) is 32.3. The van der Waals surface area contributed by atoms with Gasteiger partial charge < -0.3 is 139 Å². The van der Waals surface area contributed by atoms with E-state index in [1.807, 2.05) is 0 Å². The molecule has 0 bridgehead atoms. The quantitative estimate of drug-likeness (QED) is 0.0153. The molecule has 0 unspecified atom stereocenters. The lowest BCUT2D eigenvalue weighted by molar-refractivity contribution is -0.149. The first-order valence-electron chi connectivity index (χ1n) is 35.0. The summed E-state index contributed by atoms with van der Waals surface area (Å²) in [6.07, 6.45) is -2.70. The number of carbonyl (C=O) groups is 17. The van der Waals surface area contributed by atoms with Crippen LogP contribution in [0.25, 0.3) is 0 Å². The maximum atomic E-state index is 14.3. The van der Waals surface area contributed by atoms with Gasteiger partial charge in [0.05, 0.1) is 38.9 Å². The molecule has 2 saturated heterocycles. The molecule has 2 fully saturated rings. The maximum absolute atomic E-state index is 14.3. The third-order valence-corrected chi connectivity index (χ3v) is 17.3. The molecule has 0 radical (unpaired) electrons. The Morgan fingerprint density at radius 2 is 0.935 bits per heavy atom. The van der Waals surface area contributed by atoms with Gasteiger partial charge in [0.25, 0.3) is 0 Å². The number of nitrogens with one attached hydrogen (secondary N) is 12. The van der Waals surface area contributed by atoms with E-state index in [0.717, 1.165) is 18.7 Å². The summed E-state index contributed by atoms with van der Waals surface area (Å²) in [6, 6.07) is -21.8. The topological polar surface area (TPSA) is 743 Å². The summed E-state index contributed by atoms with van der Waals surface area (Å²) < 4.78 is 0. The van der Waals surface area contributed by atoms with E-state index in [0.29, 0.717) is 6.42 Å². The Labute approximate surface area is 621 Å². The van der Waals surface area contributed by atoms with Crippen LogP contribution in [-0.4, -0.2) is 296 Å². The van der Waals surface area contributed by atoms with Gasteiger partial charge in [-0.15, -0.1) is 0 Å². The van der Waals surface area contributed by atoms with Crippen LogP contribution in [0.2, 0.25) is 0 Å². The van der Waals surface area contributed by atoms with Crippen molar-refractivity contribution in [1.29, 1.82) is 0 Å². The van der Waals surface area contributed by atoms with E-state index >= 15 is 0 Å². The third-order valence-electron chi connectivity index (χ3n) is 17.3. The minimum absolute atomic E-state index is 0.00281. The molecule has 16 atom stereocenters. The van der Waals surface area contributed by atoms with Gasteiger partial charge in [0.2, 0.25) is 88.6 Å². The molecule has 2 rings (SSSR count). The average Bonchev–Trinajstić information content (AvgIpc) is 1.63. The van der Waals surface area contributed by atoms with Crippen molar-refractivity contribution in [2.24, 2.45) is 56.2 Å². The fraction of sp³-hybridized carbons (Fsp3) is 0.698. The fourth-order valence-corrected chi connectivity index (χ4v) is 11.0. The zero-order chi connectivity index (χ0) is 82.0. The number of guanidine groups is 2. The normalized spacial score (nSPS) is 17.8. The molecule has 2 heterocycles. The van der Waals surface area contributed by atoms with Crippen molar-refractivity contribution >= 4 is 112 Å². The second-order valence-corrected chi connectivity index (χ2v) is 26.3. The van der Waals surface area contributed by atoms with Crippen LogP contribution >= 0.6 is 0 Å². The van der Waals surface area contributed by atoms with Gasteiger partial charge in [-0.05, 0) is 90.4 Å². The maximum Gasteiger partial charge on any atom is 0.326 e. The molecule has 0 aromatic heterocycles. The summed E-state index contributed by atoms with van der Waals surface area (Å²) in [5, 5.41) is 87.7. The predicted molar refractivity (Wildman–Crippen MR) is 378 cm³/mol. The Bertz CT molecular complexity index is 3240. The number of amides is 15. The van der Waals surface area contributed by atoms with Crippen LogP contribution in [0.1, 0.15) is 126 Å². The molecule has 2 aliphatic rings. The highest BCUT2D eigenvalue weighted by Gasteiger charge is 2.45. The number of hydrogen-bond acceptors (Lipinski definition) is 24. The summed E-state index contributed by atoms with van der Waals surface area (Å²) in [4.78, 5) is 236. The van der Waals surface area contributed by atoms with E-state index in [4.69, 9.17) is 34.4 Å². The van der Waals surface area contributed by atoms with Gasteiger partial charge in [0.15, 0.2) is 11.9 Å². The molecule has 30 N–H and O–H groups in total. The van der Waals surface area contributed by atoms with E-state index in [2.05, 4.69) is 73.8 Å². The van der Waals surface area contributed by atoms with E-state index in [1.54, 1.807) is 13.8 Å². The number of primary amides is 1. The van der Waals surface area contributed by atoms with Crippen molar-refractivity contribution in [3.8, 4) is 0 Å². The smallest absolute Gasteiger partial charge is 0.326 e. The van der Waals surface area contributed by atoms with Crippen LogP contribution in [0.15, 0.2) is 9.98 Å². The van der Waals surface area contributed by atoms with E-state index in [9.17, 15) is 112 Å². The summed E-state index contributed by atoms with van der Waals surface area (Å²) in [6.45, 7) is 5.75. The summed E-state index contributed by atoms with van der Waals surface area (Å²) in [7, 11) is 0. The number of likely N-dealkylation sites (tertiary alicyclic amines) is 2. The Balaban J connectivity index is 2.15. The van der Waals surface area contributed by atoms with Crippen molar-refractivity contribution in [2.75, 3.05) is 52.5 Å². The van der Waals surface area contributed by atoms with Crippen molar-refractivity contribution < 1.29 is 112 Å². The third kappa shape index (κ3) is 31.0. The van der Waals surface area contributed by atoms with Crippen LogP contribution in [0, 0.1) is 11.8 Å². The lowest BCUT2D eigenvalue weighted by Crippen LogP contribution is -2.62. The highest BCUT2D eigenvalue weighted by Crippen LogP contribution is 2.26. The molecule has 15 amide bonds. The highest BCUT2D eigenvalue weighted by molar-refractivity contribution is 6.01. The Morgan fingerprint density at radius 1 is 0.481 bits per heavy atom. The number of aliphatic hydroxyl groups is 4. The van der Waals surface area contributed by atoms with Crippen molar-refractivity contribution in [3.05, 3.63) is 0 Å². The first-order valence-corrected chi connectivity index (χ1v) is 35.0. The summed E-state index contributed by atoms with van der Waals surface area (Å²) in [5.74, 6) is -20.0. The predicted octanol–water partition coefficient (Wildman–Crippen LogP) is -12.2. The first-order chi connectivity index (χ1) is 50.6. The number of aliphatic carboxylic acids is 2. The lowest BCUT2D eigenvalue weighted by atomic mass is 9.97. The first kappa shape index (κ1) is 93.4. The van der Waals surface area contributed by atoms with E-state index < -0.39 is 249 Å². The molecule has 45 nitrogen and oxygen atoms in total. The lowest BCUT2D eigenvalue weighted by Gasteiger charge is -2.33. The van der Waals surface area contributed by atoms with Gasteiger partial charge in [0, 0.05) is 32.6 Å². The molecule has 0 aliphatic carbocycles. The molecule has 0 aromatic carbocycles. The number of carbonyl (C=O) groups excluding carboxylic acids is 15. The van der Waals surface area contributed by atoms with Gasteiger partial charge in [-0.25, -0.2) is 4.79 Å². The van der Waals surface area contributed by atoms with Gasteiger partial charge in [-0.1, -0.05) is 34.1 Å². The molecule has 0 aromatic rings. The number of carboxylic acid groups (broad SMARTS) is 2.